The molecule has 4 heteroatoms. The first-order chi connectivity index (χ1) is 4.61. The fourth-order valence-electron chi connectivity index (χ4n) is 1.21. The first-order valence-electron chi connectivity index (χ1n) is 3.50. The monoisotopic (exact) mass is 179 g/mol. The Kier molecular flexibility index (Phi) is 3.83. The zero-order valence-corrected chi connectivity index (χ0v) is 7.60. The molecule has 1 rings (SSSR count). The molecule has 0 aromatic heterocycles. The highest BCUT2D eigenvalue weighted by atomic mass is 35.5. The SMILES string of the molecule is CN(C)C1CC(C(=O)O)C1.Cl. The molecule has 0 aromatic carbocycles. The van der Waals surface area contributed by atoms with Crippen LogP contribution in [0.4, 0.5) is 0 Å². The van der Waals surface area contributed by atoms with Gasteiger partial charge in [0.05, 0.1) is 5.92 Å². The van der Waals surface area contributed by atoms with Crippen LogP contribution < -0.4 is 0 Å². The number of carboxylic acid groups (broad SMARTS) is 1. The van der Waals surface area contributed by atoms with Crippen molar-refractivity contribution < 1.29 is 9.90 Å². The fraction of sp³-hybridized carbons (Fsp3) is 0.857. The highest BCUT2D eigenvalue weighted by molar-refractivity contribution is 5.85. The molecule has 0 aromatic rings. The number of nitrogens with zero attached hydrogens (tertiary/aromatic N) is 1. The zero-order chi connectivity index (χ0) is 7.72. The Morgan fingerprint density at radius 3 is 2.18 bits per heavy atom. The summed E-state index contributed by atoms with van der Waals surface area (Å²) in [5.41, 5.74) is 0. The summed E-state index contributed by atoms with van der Waals surface area (Å²) < 4.78 is 0. The molecule has 0 bridgehead atoms. The molecule has 0 amide bonds. The van der Waals surface area contributed by atoms with Crippen LogP contribution >= 0.6 is 12.4 Å². The van der Waals surface area contributed by atoms with E-state index in [0.29, 0.717) is 6.04 Å². The van der Waals surface area contributed by atoms with Gasteiger partial charge in [-0.25, -0.2) is 0 Å². The maximum absolute atomic E-state index is 10.3. The molecule has 1 saturated carbocycles. The van der Waals surface area contributed by atoms with E-state index in [-0.39, 0.29) is 18.3 Å². The van der Waals surface area contributed by atoms with Crippen LogP contribution in [-0.2, 0) is 4.79 Å². The van der Waals surface area contributed by atoms with Gasteiger partial charge >= 0.3 is 5.97 Å². The minimum atomic E-state index is -0.641. The van der Waals surface area contributed by atoms with Gasteiger partial charge in [0, 0.05) is 6.04 Å². The van der Waals surface area contributed by atoms with E-state index in [1.807, 2.05) is 14.1 Å². The van der Waals surface area contributed by atoms with Crippen molar-refractivity contribution in [1.29, 1.82) is 0 Å². The topological polar surface area (TPSA) is 40.5 Å². The smallest absolute Gasteiger partial charge is 0.306 e. The Labute approximate surface area is 72.8 Å². The van der Waals surface area contributed by atoms with E-state index in [1.165, 1.54) is 0 Å². The summed E-state index contributed by atoms with van der Waals surface area (Å²) in [5, 5.41) is 8.51. The predicted molar refractivity (Wildman–Crippen MR) is 45.1 cm³/mol. The Balaban J connectivity index is 0.000001000. The van der Waals surface area contributed by atoms with Crippen molar-refractivity contribution in [2.45, 2.75) is 18.9 Å². The lowest BCUT2D eigenvalue weighted by atomic mass is 9.80. The van der Waals surface area contributed by atoms with E-state index in [1.54, 1.807) is 0 Å². The Morgan fingerprint density at radius 1 is 1.45 bits per heavy atom. The van der Waals surface area contributed by atoms with Gasteiger partial charge in [-0.3, -0.25) is 4.79 Å². The van der Waals surface area contributed by atoms with E-state index < -0.39 is 5.97 Å². The van der Waals surface area contributed by atoms with E-state index in [2.05, 4.69) is 4.90 Å². The molecular formula is C7H14ClNO2. The first kappa shape index (κ1) is 10.7. The molecule has 0 spiro atoms. The lowest BCUT2D eigenvalue weighted by Gasteiger charge is -2.36. The lowest BCUT2D eigenvalue weighted by Crippen LogP contribution is -2.43. The van der Waals surface area contributed by atoms with Gasteiger partial charge in [-0.1, -0.05) is 0 Å². The number of aliphatic carboxylic acids is 1. The molecule has 0 radical (unpaired) electrons. The van der Waals surface area contributed by atoms with Crippen molar-refractivity contribution in [3.8, 4) is 0 Å². The van der Waals surface area contributed by atoms with Crippen LogP contribution in [-0.4, -0.2) is 36.1 Å². The molecule has 11 heavy (non-hydrogen) atoms. The van der Waals surface area contributed by atoms with E-state index >= 15 is 0 Å². The minimum absolute atomic E-state index is 0. The molecule has 1 fully saturated rings. The zero-order valence-electron chi connectivity index (χ0n) is 6.78. The van der Waals surface area contributed by atoms with Crippen LogP contribution in [0.15, 0.2) is 0 Å². The fourth-order valence-corrected chi connectivity index (χ4v) is 1.21. The van der Waals surface area contributed by atoms with Gasteiger partial charge in [-0.2, -0.15) is 0 Å². The van der Waals surface area contributed by atoms with Crippen molar-refractivity contribution in [2.75, 3.05) is 14.1 Å². The molecule has 0 unspecified atom stereocenters. The third-order valence-corrected chi connectivity index (χ3v) is 2.19. The summed E-state index contributed by atoms with van der Waals surface area (Å²) in [6.45, 7) is 0. The van der Waals surface area contributed by atoms with Crippen LogP contribution in [0, 0.1) is 5.92 Å². The molecule has 0 atom stereocenters. The minimum Gasteiger partial charge on any atom is -0.481 e. The van der Waals surface area contributed by atoms with Crippen molar-refractivity contribution in [1.82, 2.24) is 4.90 Å². The average molecular weight is 180 g/mol. The summed E-state index contributed by atoms with van der Waals surface area (Å²) in [7, 11) is 3.98. The average Bonchev–Trinajstić information content (AvgIpc) is 1.56. The second-order valence-electron chi connectivity index (χ2n) is 3.12. The number of hydrogen-bond acceptors (Lipinski definition) is 2. The van der Waals surface area contributed by atoms with E-state index in [9.17, 15) is 4.79 Å². The van der Waals surface area contributed by atoms with Gasteiger partial charge in [0.15, 0.2) is 0 Å². The van der Waals surface area contributed by atoms with Crippen LogP contribution in [0.3, 0.4) is 0 Å². The number of rotatable bonds is 2. The van der Waals surface area contributed by atoms with Crippen molar-refractivity contribution >= 4 is 18.4 Å². The number of carboxylic acids is 1. The molecule has 1 aliphatic carbocycles. The Hall–Kier alpha value is -0.280. The van der Waals surface area contributed by atoms with Crippen LogP contribution in [0.2, 0.25) is 0 Å². The lowest BCUT2D eigenvalue weighted by molar-refractivity contribution is -0.146. The van der Waals surface area contributed by atoms with Crippen molar-refractivity contribution in [2.24, 2.45) is 5.92 Å². The van der Waals surface area contributed by atoms with E-state index in [4.69, 9.17) is 5.11 Å². The van der Waals surface area contributed by atoms with Gasteiger partial charge in [-0.05, 0) is 26.9 Å². The summed E-state index contributed by atoms with van der Waals surface area (Å²) >= 11 is 0. The second kappa shape index (κ2) is 3.93. The molecule has 3 nitrogen and oxygen atoms in total. The predicted octanol–water partition coefficient (Wildman–Crippen LogP) is 0.833. The maximum atomic E-state index is 10.3. The molecule has 66 valence electrons. The molecule has 1 aliphatic rings. The standard InChI is InChI=1S/C7H13NO2.ClH/c1-8(2)6-3-5(4-6)7(9)10;/h5-6H,3-4H2,1-2H3,(H,9,10);1H. The largest absolute Gasteiger partial charge is 0.481 e. The first-order valence-corrected chi connectivity index (χ1v) is 3.50. The van der Waals surface area contributed by atoms with Gasteiger partial charge in [-0.15, -0.1) is 12.4 Å². The Morgan fingerprint density at radius 2 is 1.91 bits per heavy atom. The number of hydrogen-bond donors (Lipinski definition) is 1. The van der Waals surface area contributed by atoms with Gasteiger partial charge < -0.3 is 10.0 Å². The van der Waals surface area contributed by atoms with Gasteiger partial charge in [0.1, 0.15) is 0 Å². The summed E-state index contributed by atoms with van der Waals surface area (Å²) in [6, 6.07) is 0.501. The number of halogens is 1. The quantitative estimate of drug-likeness (QED) is 0.683. The van der Waals surface area contributed by atoms with Gasteiger partial charge in [0.2, 0.25) is 0 Å². The highest BCUT2D eigenvalue weighted by Crippen LogP contribution is 2.30. The molecular weight excluding hydrogens is 166 g/mol. The van der Waals surface area contributed by atoms with Crippen LogP contribution in [0.5, 0.6) is 0 Å². The third kappa shape index (κ3) is 2.34. The highest BCUT2D eigenvalue weighted by Gasteiger charge is 2.35. The third-order valence-electron chi connectivity index (χ3n) is 2.19. The van der Waals surface area contributed by atoms with Crippen molar-refractivity contribution in [3.05, 3.63) is 0 Å². The maximum Gasteiger partial charge on any atom is 0.306 e. The number of carbonyl (C=O) groups is 1. The molecule has 1 N–H and O–H groups in total. The molecule has 0 heterocycles. The molecule has 0 aliphatic heterocycles. The normalized spacial score (nSPS) is 29.0. The van der Waals surface area contributed by atoms with Gasteiger partial charge in [0.25, 0.3) is 0 Å². The summed E-state index contributed by atoms with van der Waals surface area (Å²) in [4.78, 5) is 12.4. The van der Waals surface area contributed by atoms with E-state index in [0.717, 1.165) is 12.8 Å². The second-order valence-corrected chi connectivity index (χ2v) is 3.12. The molecule has 0 saturated heterocycles. The summed E-state index contributed by atoms with van der Waals surface area (Å²) in [5.74, 6) is -0.717. The van der Waals surface area contributed by atoms with Crippen molar-refractivity contribution in [3.63, 3.8) is 0 Å². The Bertz CT molecular complexity index is 143. The van der Waals surface area contributed by atoms with Crippen LogP contribution in [0.25, 0.3) is 0 Å². The summed E-state index contributed by atoms with van der Waals surface area (Å²) in [6.07, 6.45) is 1.64. The van der Waals surface area contributed by atoms with Crippen LogP contribution in [0.1, 0.15) is 12.8 Å².